The van der Waals surface area contributed by atoms with Gasteiger partial charge < -0.3 is 15.3 Å². The van der Waals surface area contributed by atoms with Gasteiger partial charge in [-0.3, -0.25) is 9.59 Å². The van der Waals surface area contributed by atoms with Crippen molar-refractivity contribution in [1.29, 1.82) is 0 Å². The summed E-state index contributed by atoms with van der Waals surface area (Å²) in [5, 5.41) is 12.6. The van der Waals surface area contributed by atoms with E-state index in [1.165, 1.54) is 0 Å². The van der Waals surface area contributed by atoms with Gasteiger partial charge in [0.1, 0.15) is 0 Å². The zero-order chi connectivity index (χ0) is 17.0. The number of hydrogen-bond donors (Lipinski definition) is 2. The number of anilines is 1. The van der Waals surface area contributed by atoms with Crippen LogP contribution in [-0.2, 0) is 9.59 Å². The zero-order valence-electron chi connectivity index (χ0n) is 14.1. The molecule has 126 valence electrons. The molecule has 2 rings (SSSR count). The Hall–Kier alpha value is -1.88. The van der Waals surface area contributed by atoms with E-state index in [0.717, 1.165) is 11.3 Å². The van der Waals surface area contributed by atoms with E-state index in [0.29, 0.717) is 19.5 Å². The fourth-order valence-electron chi connectivity index (χ4n) is 2.68. The molecule has 0 saturated carbocycles. The lowest BCUT2D eigenvalue weighted by atomic mass is 10.0. The topological polar surface area (TPSA) is 69.6 Å². The highest BCUT2D eigenvalue weighted by Gasteiger charge is 2.34. The second kappa shape index (κ2) is 7.59. The SMILES string of the molecule is Cc1ccc(N2C[C@@H](C(=O)NCC[C@H](O)C(C)C)CC2=O)cc1. The molecule has 1 aromatic rings. The fraction of sp³-hybridized carbons (Fsp3) is 0.556. The van der Waals surface area contributed by atoms with E-state index in [9.17, 15) is 14.7 Å². The second-order valence-corrected chi connectivity index (χ2v) is 6.63. The monoisotopic (exact) mass is 318 g/mol. The van der Waals surface area contributed by atoms with Crippen molar-refractivity contribution in [2.24, 2.45) is 11.8 Å². The maximum atomic E-state index is 12.2. The van der Waals surface area contributed by atoms with E-state index in [1.54, 1.807) is 4.90 Å². The molecule has 1 saturated heterocycles. The predicted molar refractivity (Wildman–Crippen MR) is 90.1 cm³/mol. The lowest BCUT2D eigenvalue weighted by Gasteiger charge is -2.17. The summed E-state index contributed by atoms with van der Waals surface area (Å²) in [5.41, 5.74) is 1.98. The van der Waals surface area contributed by atoms with Crippen molar-refractivity contribution in [2.75, 3.05) is 18.0 Å². The van der Waals surface area contributed by atoms with Crippen LogP contribution in [0.3, 0.4) is 0 Å². The Kier molecular flexibility index (Phi) is 5.77. The number of nitrogens with zero attached hydrogens (tertiary/aromatic N) is 1. The first-order chi connectivity index (χ1) is 10.9. The number of carbonyl (C=O) groups is 2. The summed E-state index contributed by atoms with van der Waals surface area (Å²) >= 11 is 0. The van der Waals surface area contributed by atoms with E-state index in [-0.39, 0.29) is 30.1 Å². The van der Waals surface area contributed by atoms with Gasteiger partial charge in [0.15, 0.2) is 0 Å². The lowest BCUT2D eigenvalue weighted by Crippen LogP contribution is -2.35. The predicted octanol–water partition coefficient (Wildman–Crippen LogP) is 1.87. The summed E-state index contributed by atoms with van der Waals surface area (Å²) in [7, 11) is 0. The zero-order valence-corrected chi connectivity index (χ0v) is 14.1. The average Bonchev–Trinajstić information content (AvgIpc) is 2.89. The summed E-state index contributed by atoms with van der Waals surface area (Å²) in [6.07, 6.45) is 0.364. The Labute approximate surface area is 137 Å². The Morgan fingerprint density at radius 2 is 2.00 bits per heavy atom. The molecule has 1 aromatic carbocycles. The number of aliphatic hydroxyl groups excluding tert-OH is 1. The Balaban J connectivity index is 1.86. The van der Waals surface area contributed by atoms with Gasteiger partial charge in [-0.15, -0.1) is 0 Å². The molecule has 5 nitrogen and oxygen atoms in total. The van der Waals surface area contributed by atoms with Crippen LogP contribution in [0.2, 0.25) is 0 Å². The van der Waals surface area contributed by atoms with Crippen molar-refractivity contribution >= 4 is 17.5 Å². The second-order valence-electron chi connectivity index (χ2n) is 6.63. The van der Waals surface area contributed by atoms with Crippen molar-refractivity contribution in [1.82, 2.24) is 5.32 Å². The average molecular weight is 318 g/mol. The van der Waals surface area contributed by atoms with Crippen LogP contribution < -0.4 is 10.2 Å². The number of aliphatic hydroxyl groups is 1. The third kappa shape index (κ3) is 4.55. The van der Waals surface area contributed by atoms with Crippen LogP contribution in [-0.4, -0.2) is 36.1 Å². The number of amides is 2. The maximum Gasteiger partial charge on any atom is 0.227 e. The number of nitrogens with one attached hydrogen (secondary N) is 1. The van der Waals surface area contributed by atoms with Crippen LogP contribution in [0.5, 0.6) is 0 Å². The van der Waals surface area contributed by atoms with Gasteiger partial charge in [-0.1, -0.05) is 31.5 Å². The molecule has 1 aliphatic rings. The van der Waals surface area contributed by atoms with Crippen LogP contribution >= 0.6 is 0 Å². The van der Waals surface area contributed by atoms with Gasteiger partial charge in [-0.2, -0.15) is 0 Å². The van der Waals surface area contributed by atoms with E-state index in [2.05, 4.69) is 5.32 Å². The minimum absolute atomic E-state index is 0.0174. The molecule has 0 aromatic heterocycles. The standard InChI is InChI=1S/C18H26N2O3/c1-12(2)16(21)8-9-19-18(23)14-10-17(22)20(11-14)15-6-4-13(3)5-7-15/h4-7,12,14,16,21H,8-11H2,1-3H3,(H,19,23)/t14-,16-/m0/s1. The fourth-order valence-corrected chi connectivity index (χ4v) is 2.68. The molecule has 2 amide bonds. The van der Waals surface area contributed by atoms with Crippen molar-refractivity contribution in [2.45, 2.75) is 39.7 Å². The van der Waals surface area contributed by atoms with Gasteiger partial charge in [0.25, 0.3) is 0 Å². The van der Waals surface area contributed by atoms with Crippen LogP contribution in [0.4, 0.5) is 5.69 Å². The van der Waals surface area contributed by atoms with Crippen molar-refractivity contribution in [3.63, 3.8) is 0 Å². The molecule has 0 unspecified atom stereocenters. The highest BCUT2D eigenvalue weighted by atomic mass is 16.3. The van der Waals surface area contributed by atoms with Crippen LogP contribution in [0.1, 0.15) is 32.3 Å². The third-order valence-corrected chi connectivity index (χ3v) is 4.35. The highest BCUT2D eigenvalue weighted by molar-refractivity contribution is 6.00. The molecular formula is C18H26N2O3. The van der Waals surface area contributed by atoms with Crippen molar-refractivity contribution < 1.29 is 14.7 Å². The number of rotatable bonds is 6. The Morgan fingerprint density at radius 1 is 1.35 bits per heavy atom. The molecule has 5 heteroatoms. The van der Waals surface area contributed by atoms with Gasteiger partial charge in [0.2, 0.25) is 11.8 Å². The highest BCUT2D eigenvalue weighted by Crippen LogP contribution is 2.25. The quantitative estimate of drug-likeness (QED) is 0.841. The molecule has 0 spiro atoms. The molecule has 1 heterocycles. The van der Waals surface area contributed by atoms with E-state index < -0.39 is 6.10 Å². The number of carbonyl (C=O) groups excluding carboxylic acids is 2. The maximum absolute atomic E-state index is 12.2. The summed E-state index contributed by atoms with van der Waals surface area (Å²) < 4.78 is 0. The van der Waals surface area contributed by atoms with Crippen molar-refractivity contribution in [3.8, 4) is 0 Å². The van der Waals surface area contributed by atoms with Crippen LogP contribution in [0.25, 0.3) is 0 Å². The molecule has 1 aliphatic heterocycles. The molecule has 0 radical (unpaired) electrons. The first kappa shape index (κ1) is 17.5. The van der Waals surface area contributed by atoms with E-state index in [4.69, 9.17) is 0 Å². The summed E-state index contributed by atoms with van der Waals surface area (Å²) in [5.74, 6) is -0.267. The summed E-state index contributed by atoms with van der Waals surface area (Å²) in [4.78, 5) is 26.0. The number of hydrogen-bond acceptors (Lipinski definition) is 3. The first-order valence-corrected chi connectivity index (χ1v) is 8.21. The van der Waals surface area contributed by atoms with Gasteiger partial charge in [0.05, 0.1) is 12.0 Å². The Bertz CT molecular complexity index is 554. The van der Waals surface area contributed by atoms with Gasteiger partial charge in [-0.05, 0) is 31.4 Å². The smallest absolute Gasteiger partial charge is 0.227 e. The summed E-state index contributed by atoms with van der Waals surface area (Å²) in [6, 6.07) is 7.74. The largest absolute Gasteiger partial charge is 0.393 e. The minimum Gasteiger partial charge on any atom is -0.393 e. The van der Waals surface area contributed by atoms with Crippen LogP contribution in [0, 0.1) is 18.8 Å². The molecule has 2 atom stereocenters. The molecule has 0 bridgehead atoms. The first-order valence-electron chi connectivity index (χ1n) is 8.21. The number of aryl methyl sites for hydroxylation is 1. The minimum atomic E-state index is -0.412. The molecular weight excluding hydrogens is 292 g/mol. The lowest BCUT2D eigenvalue weighted by molar-refractivity contribution is -0.126. The Morgan fingerprint density at radius 3 is 2.61 bits per heavy atom. The summed E-state index contributed by atoms with van der Waals surface area (Å²) in [6.45, 7) is 6.74. The van der Waals surface area contributed by atoms with E-state index in [1.807, 2.05) is 45.0 Å². The third-order valence-electron chi connectivity index (χ3n) is 4.35. The van der Waals surface area contributed by atoms with E-state index >= 15 is 0 Å². The van der Waals surface area contributed by atoms with Gasteiger partial charge in [-0.25, -0.2) is 0 Å². The van der Waals surface area contributed by atoms with Crippen molar-refractivity contribution in [3.05, 3.63) is 29.8 Å². The van der Waals surface area contributed by atoms with Gasteiger partial charge in [0, 0.05) is 25.2 Å². The molecule has 0 aliphatic carbocycles. The molecule has 1 fully saturated rings. The number of benzene rings is 1. The van der Waals surface area contributed by atoms with Gasteiger partial charge >= 0.3 is 0 Å². The molecule has 23 heavy (non-hydrogen) atoms. The molecule has 2 N–H and O–H groups in total. The van der Waals surface area contributed by atoms with Crippen LogP contribution in [0.15, 0.2) is 24.3 Å². The normalized spacial score (nSPS) is 19.3.